The van der Waals surface area contributed by atoms with E-state index in [9.17, 15) is 9.59 Å². The highest BCUT2D eigenvalue weighted by molar-refractivity contribution is 6.33. The van der Waals surface area contributed by atoms with E-state index in [4.69, 9.17) is 16.8 Å². The van der Waals surface area contributed by atoms with Crippen LogP contribution in [0.15, 0.2) is 60.6 Å². The van der Waals surface area contributed by atoms with Gasteiger partial charge in [-0.3, -0.25) is 19.7 Å². The van der Waals surface area contributed by atoms with Gasteiger partial charge in [-0.15, -0.1) is 0 Å². The fourth-order valence-corrected chi connectivity index (χ4v) is 3.78. The summed E-state index contributed by atoms with van der Waals surface area (Å²) in [5.74, 6) is 0.280. The highest BCUT2D eigenvalue weighted by atomic mass is 35.5. The van der Waals surface area contributed by atoms with Crippen molar-refractivity contribution < 1.29 is 14.8 Å². The van der Waals surface area contributed by atoms with Gasteiger partial charge >= 0.3 is 0 Å². The van der Waals surface area contributed by atoms with Crippen molar-refractivity contribution in [3.63, 3.8) is 0 Å². The second-order valence-electron chi connectivity index (χ2n) is 8.21. The lowest BCUT2D eigenvalue weighted by molar-refractivity contribution is -0.129. The van der Waals surface area contributed by atoms with Gasteiger partial charge in [0.15, 0.2) is 0 Å². The smallest absolute Gasteiger partial charge is 0.254 e. The molecule has 1 unspecified atom stereocenters. The van der Waals surface area contributed by atoms with Crippen LogP contribution >= 0.6 is 11.6 Å². The number of anilines is 2. The predicted octanol–water partition coefficient (Wildman–Crippen LogP) is 4.93. The fourth-order valence-electron chi connectivity index (χ4n) is 3.56. The molecule has 0 bridgehead atoms. The molecule has 2 amide bonds. The Morgan fingerprint density at radius 1 is 1.15 bits per heavy atom. The molecule has 9 heteroatoms. The first-order valence-electron chi connectivity index (χ1n) is 11.5. The van der Waals surface area contributed by atoms with Crippen LogP contribution in [-0.2, 0) is 4.79 Å². The predicted molar refractivity (Wildman–Crippen MR) is 132 cm³/mol. The Morgan fingerprint density at radius 3 is 2.56 bits per heavy atom. The Kier molecular flexibility index (Phi) is 9.61. The van der Waals surface area contributed by atoms with E-state index in [0.29, 0.717) is 41.8 Å². The lowest BCUT2D eigenvalue weighted by Crippen LogP contribution is -2.25. The van der Waals surface area contributed by atoms with Crippen LogP contribution in [0.25, 0.3) is 0 Å². The first-order chi connectivity index (χ1) is 16.5. The van der Waals surface area contributed by atoms with Crippen molar-refractivity contribution in [2.75, 3.05) is 11.4 Å². The Morgan fingerprint density at radius 2 is 1.88 bits per heavy atom. The van der Waals surface area contributed by atoms with Crippen LogP contribution in [0.4, 0.5) is 11.6 Å². The molecule has 8 nitrogen and oxygen atoms in total. The van der Waals surface area contributed by atoms with Crippen LogP contribution < -0.4 is 15.7 Å². The van der Waals surface area contributed by atoms with E-state index >= 15 is 0 Å². The maximum Gasteiger partial charge on any atom is 0.254 e. The SMILES string of the molecule is CC1C=CC(N(c2ncc(C(=O)NCCCCCCC(=O)NO)cn2)c2ccccc2Cl)=CC1. The number of allylic oxidation sites excluding steroid dienone is 3. The zero-order chi connectivity index (χ0) is 24.3. The zero-order valence-corrected chi connectivity index (χ0v) is 20.0. The Labute approximate surface area is 204 Å². The minimum Gasteiger partial charge on any atom is -0.352 e. The van der Waals surface area contributed by atoms with Gasteiger partial charge < -0.3 is 5.32 Å². The number of carbonyl (C=O) groups excluding carboxylic acids is 2. The van der Waals surface area contributed by atoms with Crippen LogP contribution in [-0.4, -0.2) is 33.5 Å². The van der Waals surface area contributed by atoms with Crippen LogP contribution in [0.1, 0.15) is 55.8 Å². The number of benzene rings is 1. The molecule has 1 heterocycles. The molecule has 3 rings (SSSR count). The third kappa shape index (κ3) is 7.13. The van der Waals surface area contributed by atoms with E-state index in [1.165, 1.54) is 12.4 Å². The van der Waals surface area contributed by atoms with Crippen molar-refractivity contribution in [1.29, 1.82) is 0 Å². The number of unbranched alkanes of at least 4 members (excludes halogenated alkanes) is 3. The first kappa shape index (κ1) is 25.4. The van der Waals surface area contributed by atoms with Crippen LogP contribution in [0, 0.1) is 5.92 Å². The fraction of sp³-hybridized carbons (Fsp3) is 0.360. The summed E-state index contributed by atoms with van der Waals surface area (Å²) in [6.45, 7) is 2.68. The molecule has 1 aromatic heterocycles. The number of amides is 2. The van der Waals surface area contributed by atoms with Gasteiger partial charge in [0, 0.05) is 31.1 Å². The Bertz CT molecular complexity index is 1040. The molecule has 0 saturated carbocycles. The average Bonchev–Trinajstić information content (AvgIpc) is 2.86. The molecule has 0 aliphatic heterocycles. The molecule has 1 atom stereocenters. The lowest BCUT2D eigenvalue weighted by Gasteiger charge is -2.27. The topological polar surface area (TPSA) is 107 Å². The van der Waals surface area contributed by atoms with Gasteiger partial charge in [-0.25, -0.2) is 15.4 Å². The quantitative estimate of drug-likeness (QED) is 0.237. The van der Waals surface area contributed by atoms with Gasteiger partial charge in [0.05, 0.1) is 16.3 Å². The molecule has 1 aliphatic carbocycles. The molecular formula is C25H30ClN5O3. The maximum absolute atomic E-state index is 12.5. The van der Waals surface area contributed by atoms with Gasteiger partial charge in [-0.2, -0.15) is 0 Å². The highest BCUT2D eigenvalue weighted by Crippen LogP contribution is 2.35. The zero-order valence-electron chi connectivity index (χ0n) is 19.2. The number of halogens is 1. The second kappa shape index (κ2) is 12.9. The summed E-state index contributed by atoms with van der Waals surface area (Å²) in [7, 11) is 0. The van der Waals surface area contributed by atoms with Crippen molar-refractivity contribution in [2.24, 2.45) is 5.92 Å². The van der Waals surface area contributed by atoms with E-state index < -0.39 is 0 Å². The molecule has 1 aromatic carbocycles. The Balaban J connectivity index is 1.61. The normalized spacial score (nSPS) is 14.9. The number of nitrogens with zero attached hydrogens (tertiary/aromatic N) is 3. The minimum absolute atomic E-state index is 0.235. The van der Waals surface area contributed by atoms with Crippen LogP contribution in [0.3, 0.4) is 0 Å². The van der Waals surface area contributed by atoms with E-state index in [0.717, 1.165) is 37.1 Å². The van der Waals surface area contributed by atoms with Crippen molar-refractivity contribution in [1.82, 2.24) is 20.8 Å². The number of carbonyl (C=O) groups is 2. The van der Waals surface area contributed by atoms with Gasteiger partial charge in [0.25, 0.3) is 5.91 Å². The molecule has 34 heavy (non-hydrogen) atoms. The number of hydrogen-bond acceptors (Lipinski definition) is 6. The van der Waals surface area contributed by atoms with Gasteiger partial charge in [-0.1, -0.05) is 55.7 Å². The summed E-state index contributed by atoms with van der Waals surface area (Å²) in [5, 5.41) is 11.9. The maximum atomic E-state index is 12.5. The van der Waals surface area contributed by atoms with E-state index in [1.54, 1.807) is 5.48 Å². The Hall–Kier alpha value is -3.23. The molecular weight excluding hydrogens is 454 g/mol. The van der Waals surface area contributed by atoms with E-state index in [2.05, 4.69) is 34.4 Å². The summed E-state index contributed by atoms with van der Waals surface area (Å²) < 4.78 is 0. The van der Waals surface area contributed by atoms with Crippen molar-refractivity contribution in [3.05, 3.63) is 71.2 Å². The molecule has 180 valence electrons. The second-order valence-corrected chi connectivity index (χ2v) is 8.62. The number of aromatic nitrogens is 2. The molecule has 0 saturated heterocycles. The number of hydrogen-bond donors (Lipinski definition) is 3. The molecule has 3 N–H and O–H groups in total. The summed E-state index contributed by atoms with van der Waals surface area (Å²) in [5.41, 5.74) is 3.70. The van der Waals surface area contributed by atoms with Crippen LogP contribution in [0.5, 0.6) is 0 Å². The third-order valence-corrected chi connectivity index (χ3v) is 5.81. The van der Waals surface area contributed by atoms with Gasteiger partial charge in [-0.05, 0) is 43.4 Å². The summed E-state index contributed by atoms with van der Waals surface area (Å²) in [4.78, 5) is 34.3. The molecule has 0 radical (unpaired) electrons. The van der Waals surface area contributed by atoms with Gasteiger partial charge in [0.2, 0.25) is 11.9 Å². The summed E-state index contributed by atoms with van der Waals surface area (Å²) in [6.07, 6.45) is 13.8. The van der Waals surface area contributed by atoms with Crippen molar-refractivity contribution in [2.45, 2.75) is 45.4 Å². The monoisotopic (exact) mass is 483 g/mol. The highest BCUT2D eigenvalue weighted by Gasteiger charge is 2.20. The van der Waals surface area contributed by atoms with Crippen molar-refractivity contribution >= 4 is 35.1 Å². The number of nitrogens with one attached hydrogen (secondary N) is 2. The molecule has 1 aliphatic rings. The van der Waals surface area contributed by atoms with Gasteiger partial charge in [0.1, 0.15) is 0 Å². The average molecular weight is 484 g/mol. The summed E-state index contributed by atoms with van der Waals surface area (Å²) in [6, 6.07) is 7.52. The largest absolute Gasteiger partial charge is 0.352 e. The number of rotatable bonds is 11. The standard InChI is InChI=1S/C25H30ClN5O3/c1-18-11-13-20(14-12-18)31(22-9-6-5-8-21(22)26)25-28-16-19(17-29-25)24(33)27-15-7-3-2-4-10-23(32)30-34/h5-6,8-9,11,13-14,16-18,34H,2-4,7,10,12,15H2,1H3,(H,27,33)(H,30,32). The minimum atomic E-state index is -0.379. The lowest BCUT2D eigenvalue weighted by atomic mass is 10.0. The first-order valence-corrected chi connectivity index (χ1v) is 11.8. The number of hydroxylamine groups is 1. The third-order valence-electron chi connectivity index (χ3n) is 5.49. The van der Waals surface area contributed by atoms with Crippen molar-refractivity contribution in [3.8, 4) is 0 Å². The molecule has 2 aromatic rings. The van der Waals surface area contributed by atoms with Crippen LogP contribution in [0.2, 0.25) is 5.02 Å². The van der Waals surface area contributed by atoms with E-state index in [-0.39, 0.29) is 11.8 Å². The molecule has 0 spiro atoms. The number of para-hydroxylation sites is 1. The summed E-state index contributed by atoms with van der Waals surface area (Å²) >= 11 is 6.48. The van der Waals surface area contributed by atoms with E-state index in [1.807, 2.05) is 35.2 Å². The molecule has 0 fully saturated rings.